The van der Waals surface area contributed by atoms with Crippen LogP contribution in [0.1, 0.15) is 5.56 Å². The molecule has 0 unspecified atom stereocenters. The number of carbonyl (C=O) groups excluding carboxylic acids is 1. The quantitative estimate of drug-likeness (QED) is 0.771. The Balaban J connectivity index is 1.53. The van der Waals surface area contributed by atoms with Crippen LogP contribution in [0.5, 0.6) is 0 Å². The second-order valence-corrected chi connectivity index (χ2v) is 5.23. The average Bonchev–Trinajstić information content (AvgIpc) is 2.93. The molecule has 3 aromatic rings. The van der Waals surface area contributed by atoms with E-state index in [0.717, 1.165) is 16.5 Å². The number of carbonyl (C=O) groups is 1. The Bertz CT molecular complexity index is 777. The van der Waals surface area contributed by atoms with Gasteiger partial charge in [-0.15, -0.1) is 0 Å². The van der Waals surface area contributed by atoms with Crippen molar-refractivity contribution in [3.05, 3.63) is 72.2 Å². The van der Waals surface area contributed by atoms with Crippen LogP contribution in [0.15, 0.2) is 60.8 Å². The van der Waals surface area contributed by atoms with Crippen molar-refractivity contribution in [3.8, 4) is 0 Å². The Kier molecular flexibility index (Phi) is 4.19. The first-order valence-corrected chi connectivity index (χ1v) is 7.27. The lowest BCUT2D eigenvalue weighted by molar-refractivity contribution is -0.121. The van der Waals surface area contributed by atoms with Gasteiger partial charge >= 0.3 is 0 Å². The molecule has 0 aliphatic rings. The van der Waals surface area contributed by atoms with Gasteiger partial charge in [0, 0.05) is 18.3 Å². The van der Waals surface area contributed by atoms with Crippen molar-refractivity contribution in [1.82, 2.24) is 9.88 Å². The van der Waals surface area contributed by atoms with Gasteiger partial charge in [-0.25, -0.2) is 4.39 Å². The first kappa shape index (κ1) is 14.3. The number of hydrogen-bond acceptors (Lipinski definition) is 1. The van der Waals surface area contributed by atoms with E-state index in [0.29, 0.717) is 19.5 Å². The fourth-order valence-electron chi connectivity index (χ4n) is 2.49. The van der Waals surface area contributed by atoms with Crippen LogP contribution < -0.4 is 5.32 Å². The highest BCUT2D eigenvalue weighted by Gasteiger charge is 2.05. The minimum Gasteiger partial charge on any atom is -0.354 e. The van der Waals surface area contributed by atoms with Crippen LogP contribution in [-0.2, 0) is 17.8 Å². The van der Waals surface area contributed by atoms with Crippen molar-refractivity contribution in [1.29, 1.82) is 0 Å². The predicted molar refractivity (Wildman–Crippen MR) is 85.1 cm³/mol. The molecule has 2 aromatic carbocycles. The molecule has 1 amide bonds. The summed E-state index contributed by atoms with van der Waals surface area (Å²) in [6.45, 7) is 0.848. The molecular weight excluding hydrogens is 279 g/mol. The van der Waals surface area contributed by atoms with E-state index in [-0.39, 0.29) is 11.7 Å². The molecule has 3 rings (SSSR count). The maximum absolute atomic E-state index is 12.8. The first-order chi connectivity index (χ1) is 10.7. The lowest BCUT2D eigenvalue weighted by Gasteiger charge is -2.07. The lowest BCUT2D eigenvalue weighted by Crippen LogP contribution is -2.29. The number of benzene rings is 2. The molecule has 0 bridgehead atoms. The molecule has 0 saturated carbocycles. The zero-order chi connectivity index (χ0) is 15.4. The zero-order valence-corrected chi connectivity index (χ0v) is 12.1. The Labute approximate surface area is 128 Å². The van der Waals surface area contributed by atoms with Crippen molar-refractivity contribution >= 4 is 16.8 Å². The lowest BCUT2D eigenvalue weighted by atomic mass is 10.1. The maximum Gasteiger partial charge on any atom is 0.239 e. The summed E-state index contributed by atoms with van der Waals surface area (Å²) in [4.78, 5) is 12.0. The number of para-hydroxylation sites is 1. The molecule has 0 atom stereocenters. The van der Waals surface area contributed by atoms with Crippen LogP contribution in [0.25, 0.3) is 10.9 Å². The van der Waals surface area contributed by atoms with E-state index in [9.17, 15) is 9.18 Å². The van der Waals surface area contributed by atoms with E-state index in [2.05, 4.69) is 5.32 Å². The zero-order valence-electron chi connectivity index (χ0n) is 12.1. The maximum atomic E-state index is 12.8. The number of nitrogens with zero attached hydrogens (tertiary/aromatic N) is 1. The molecule has 0 radical (unpaired) electrons. The Morgan fingerprint density at radius 1 is 1.05 bits per heavy atom. The molecule has 1 heterocycles. The van der Waals surface area contributed by atoms with Crippen molar-refractivity contribution in [2.24, 2.45) is 0 Å². The van der Waals surface area contributed by atoms with Gasteiger partial charge in [0.05, 0.1) is 0 Å². The van der Waals surface area contributed by atoms with E-state index >= 15 is 0 Å². The summed E-state index contributed by atoms with van der Waals surface area (Å²) in [5.41, 5.74) is 2.06. The normalized spacial score (nSPS) is 10.8. The summed E-state index contributed by atoms with van der Waals surface area (Å²) < 4.78 is 14.7. The third-order valence-electron chi connectivity index (χ3n) is 3.64. The highest BCUT2D eigenvalue weighted by molar-refractivity contribution is 5.83. The van der Waals surface area contributed by atoms with Crippen LogP contribution in [0.3, 0.4) is 0 Å². The smallest absolute Gasteiger partial charge is 0.239 e. The van der Waals surface area contributed by atoms with Crippen molar-refractivity contribution in [2.45, 2.75) is 13.0 Å². The van der Waals surface area contributed by atoms with E-state index in [1.807, 2.05) is 41.1 Å². The highest BCUT2D eigenvalue weighted by Crippen LogP contribution is 2.14. The molecule has 0 fully saturated rings. The molecule has 0 aliphatic heterocycles. The number of rotatable bonds is 5. The number of aromatic nitrogens is 1. The third kappa shape index (κ3) is 3.34. The van der Waals surface area contributed by atoms with Gasteiger partial charge in [-0.05, 0) is 41.6 Å². The Hall–Kier alpha value is -2.62. The van der Waals surface area contributed by atoms with Crippen LogP contribution in [-0.4, -0.2) is 17.0 Å². The van der Waals surface area contributed by atoms with E-state index in [4.69, 9.17) is 0 Å². The fourth-order valence-corrected chi connectivity index (χ4v) is 2.49. The topological polar surface area (TPSA) is 34.0 Å². The molecule has 0 spiro atoms. The fraction of sp³-hybridized carbons (Fsp3) is 0.167. The van der Waals surface area contributed by atoms with Crippen molar-refractivity contribution in [3.63, 3.8) is 0 Å². The minimum absolute atomic E-state index is 0.0246. The Morgan fingerprint density at radius 2 is 1.82 bits per heavy atom. The van der Waals surface area contributed by atoms with Gasteiger partial charge < -0.3 is 9.88 Å². The van der Waals surface area contributed by atoms with Gasteiger partial charge in [0.25, 0.3) is 0 Å². The number of fused-ring (bicyclic) bond motifs is 1. The van der Waals surface area contributed by atoms with E-state index in [1.54, 1.807) is 12.1 Å². The summed E-state index contributed by atoms with van der Waals surface area (Å²) in [7, 11) is 0. The summed E-state index contributed by atoms with van der Waals surface area (Å²) in [5.74, 6) is -0.268. The molecule has 0 saturated heterocycles. The molecule has 112 valence electrons. The molecule has 0 aliphatic carbocycles. The molecule has 3 nitrogen and oxygen atoms in total. The minimum atomic E-state index is -0.243. The monoisotopic (exact) mass is 296 g/mol. The summed E-state index contributed by atoms with van der Waals surface area (Å²) in [6, 6.07) is 16.3. The number of hydrogen-bond donors (Lipinski definition) is 1. The van der Waals surface area contributed by atoms with Gasteiger partial charge in [-0.3, -0.25) is 4.79 Å². The highest BCUT2D eigenvalue weighted by atomic mass is 19.1. The van der Waals surface area contributed by atoms with Crippen molar-refractivity contribution in [2.75, 3.05) is 6.54 Å². The standard InChI is InChI=1S/C18H17FN2O/c19-16-7-5-14(6-8-16)9-11-20-18(22)13-21-12-10-15-3-1-2-4-17(15)21/h1-8,10,12H,9,11,13H2,(H,20,22). The van der Waals surface area contributed by atoms with Gasteiger partial charge in [-0.1, -0.05) is 30.3 Å². The summed E-state index contributed by atoms with van der Waals surface area (Å²) in [6.07, 6.45) is 2.61. The van der Waals surface area contributed by atoms with Gasteiger partial charge in [-0.2, -0.15) is 0 Å². The van der Waals surface area contributed by atoms with Crippen molar-refractivity contribution < 1.29 is 9.18 Å². The average molecular weight is 296 g/mol. The van der Waals surface area contributed by atoms with Crippen LogP contribution >= 0.6 is 0 Å². The summed E-state index contributed by atoms with van der Waals surface area (Å²) >= 11 is 0. The summed E-state index contributed by atoms with van der Waals surface area (Å²) in [5, 5.41) is 4.02. The number of nitrogens with one attached hydrogen (secondary N) is 1. The Morgan fingerprint density at radius 3 is 2.64 bits per heavy atom. The predicted octanol–water partition coefficient (Wildman–Crippen LogP) is 3.14. The molecule has 1 aromatic heterocycles. The molecule has 22 heavy (non-hydrogen) atoms. The molecule has 1 N–H and O–H groups in total. The molecule has 4 heteroatoms. The second-order valence-electron chi connectivity index (χ2n) is 5.23. The van der Waals surface area contributed by atoms with Gasteiger partial charge in [0.15, 0.2) is 0 Å². The second kappa shape index (κ2) is 6.43. The SMILES string of the molecule is O=C(Cn1ccc2ccccc21)NCCc1ccc(F)cc1. The third-order valence-corrected chi connectivity index (χ3v) is 3.64. The van der Waals surface area contributed by atoms with Crippen LogP contribution in [0.4, 0.5) is 4.39 Å². The van der Waals surface area contributed by atoms with E-state index in [1.165, 1.54) is 12.1 Å². The number of amides is 1. The number of halogens is 1. The van der Waals surface area contributed by atoms with Crippen LogP contribution in [0, 0.1) is 5.82 Å². The van der Waals surface area contributed by atoms with Crippen LogP contribution in [0.2, 0.25) is 0 Å². The molecular formula is C18H17FN2O. The van der Waals surface area contributed by atoms with E-state index < -0.39 is 0 Å². The van der Waals surface area contributed by atoms with Gasteiger partial charge in [0.2, 0.25) is 5.91 Å². The largest absolute Gasteiger partial charge is 0.354 e. The first-order valence-electron chi connectivity index (χ1n) is 7.27. The van der Waals surface area contributed by atoms with Gasteiger partial charge in [0.1, 0.15) is 12.4 Å².